The van der Waals surface area contributed by atoms with E-state index in [2.05, 4.69) is 31.5 Å². The van der Waals surface area contributed by atoms with Gasteiger partial charge in [-0.15, -0.1) is 0 Å². The van der Waals surface area contributed by atoms with Crippen LogP contribution in [0.1, 0.15) is 57.6 Å². The molecule has 3 aromatic heterocycles. The Bertz CT molecular complexity index is 1470. The summed E-state index contributed by atoms with van der Waals surface area (Å²) in [6, 6.07) is 9.29. The third-order valence-electron chi connectivity index (χ3n) is 5.69. The Morgan fingerprint density at radius 2 is 1.94 bits per heavy atom. The number of aromatic nitrogens is 5. The van der Waals surface area contributed by atoms with Crippen LogP contribution in [-0.4, -0.2) is 35.7 Å². The molecule has 0 spiro atoms. The van der Waals surface area contributed by atoms with Gasteiger partial charge in [-0.3, -0.25) is 14.2 Å². The highest BCUT2D eigenvalue weighted by molar-refractivity contribution is 6.04. The molecule has 0 aliphatic rings. The summed E-state index contributed by atoms with van der Waals surface area (Å²) in [5.41, 5.74) is 0.841. The van der Waals surface area contributed by atoms with E-state index in [1.54, 1.807) is 31.5 Å². The van der Waals surface area contributed by atoms with E-state index in [4.69, 9.17) is 4.52 Å². The Morgan fingerprint density at radius 1 is 1.23 bits per heavy atom. The normalized spacial score (nSPS) is 12.5. The van der Waals surface area contributed by atoms with E-state index < -0.39 is 34.7 Å². The van der Waals surface area contributed by atoms with Gasteiger partial charge in [0.15, 0.2) is 5.69 Å². The minimum Gasteiger partial charge on any atom is -0.501 e. The van der Waals surface area contributed by atoms with Crippen molar-refractivity contribution in [3.8, 4) is 11.8 Å². The molecular weight excluding hydrogens is 450 g/mol. The summed E-state index contributed by atoms with van der Waals surface area (Å²) in [5, 5.41) is 26.1. The van der Waals surface area contributed by atoms with Gasteiger partial charge < -0.3 is 14.9 Å². The van der Waals surface area contributed by atoms with Crippen LogP contribution in [0, 0.1) is 18.3 Å². The van der Waals surface area contributed by atoms with Crippen molar-refractivity contribution in [2.75, 3.05) is 5.32 Å². The number of anilines is 1. The molecule has 0 radical (unpaired) electrons. The molecule has 35 heavy (non-hydrogen) atoms. The highest BCUT2D eigenvalue weighted by Crippen LogP contribution is 2.38. The first-order valence-electron chi connectivity index (χ1n) is 10.6. The lowest BCUT2D eigenvalue weighted by molar-refractivity contribution is 0.101. The second kappa shape index (κ2) is 9.56. The van der Waals surface area contributed by atoms with Crippen LogP contribution in [0.5, 0.6) is 5.75 Å². The molecule has 1 amide bonds. The lowest BCUT2D eigenvalue weighted by atomic mass is 9.80. The molecule has 176 valence electrons. The zero-order valence-corrected chi connectivity index (χ0v) is 19.1. The number of rotatable bonds is 6. The number of aromatic hydroxyl groups is 1. The van der Waals surface area contributed by atoms with Crippen LogP contribution in [0.25, 0.3) is 0 Å². The highest BCUT2D eigenvalue weighted by Gasteiger charge is 2.31. The maximum absolute atomic E-state index is 12.9. The van der Waals surface area contributed by atoms with E-state index in [9.17, 15) is 20.0 Å². The topological polar surface area (TPSA) is 160 Å². The molecule has 2 atom stereocenters. The monoisotopic (exact) mass is 471 g/mol. The van der Waals surface area contributed by atoms with Gasteiger partial charge in [0.25, 0.3) is 11.5 Å². The SMILES string of the molecule is Cc1ncc([C@@H](c2ccccc2C#N)[C@@H](C)c2nc(C(=O)Nc3cnoc3)c(O)c(=O)n2C)cn1. The smallest absolute Gasteiger partial charge is 0.296 e. The van der Waals surface area contributed by atoms with Gasteiger partial charge in [-0.2, -0.15) is 5.26 Å². The molecule has 3 heterocycles. The minimum atomic E-state index is -0.801. The maximum Gasteiger partial charge on any atom is 0.296 e. The third-order valence-corrected chi connectivity index (χ3v) is 5.69. The van der Waals surface area contributed by atoms with Gasteiger partial charge in [-0.1, -0.05) is 30.3 Å². The minimum absolute atomic E-state index is 0.224. The Balaban J connectivity index is 1.86. The number of hydrogen-bond donors (Lipinski definition) is 2. The number of carbonyl (C=O) groups is 1. The van der Waals surface area contributed by atoms with Crippen molar-refractivity contribution in [3.63, 3.8) is 0 Å². The molecule has 0 unspecified atom stereocenters. The second-order valence-corrected chi connectivity index (χ2v) is 7.93. The van der Waals surface area contributed by atoms with E-state index in [0.717, 1.165) is 0 Å². The molecule has 0 saturated carbocycles. The number of amides is 1. The van der Waals surface area contributed by atoms with Crippen molar-refractivity contribution < 1.29 is 14.4 Å². The second-order valence-electron chi connectivity index (χ2n) is 7.93. The van der Waals surface area contributed by atoms with Crippen LogP contribution >= 0.6 is 0 Å². The van der Waals surface area contributed by atoms with Crippen LogP contribution < -0.4 is 10.9 Å². The molecule has 11 heteroatoms. The van der Waals surface area contributed by atoms with Crippen molar-refractivity contribution in [1.29, 1.82) is 5.26 Å². The molecule has 0 fully saturated rings. The number of benzene rings is 1. The summed E-state index contributed by atoms with van der Waals surface area (Å²) in [6.07, 6.45) is 5.79. The summed E-state index contributed by atoms with van der Waals surface area (Å²) in [6.45, 7) is 3.58. The number of nitrogens with zero attached hydrogens (tertiary/aromatic N) is 6. The van der Waals surface area contributed by atoms with Gasteiger partial charge >= 0.3 is 0 Å². The van der Waals surface area contributed by atoms with Crippen molar-refractivity contribution in [1.82, 2.24) is 24.7 Å². The fraction of sp³-hybridized carbons (Fsp3) is 0.208. The van der Waals surface area contributed by atoms with Crippen LogP contribution in [0.15, 0.2) is 58.4 Å². The first-order valence-corrected chi connectivity index (χ1v) is 10.6. The Hall–Kier alpha value is -4.85. The standard InChI is InChI=1S/C24H21N7O4/c1-13(19(16-9-26-14(2)27-10-16)18-7-5-4-6-15(18)8-25)22-30-20(21(32)24(34)31(22)3)23(33)29-17-11-28-35-12-17/h4-7,9-13,19,32H,1-3H3,(H,29,33)/t13-,19+/m1/s1. The van der Waals surface area contributed by atoms with Crippen molar-refractivity contribution in [2.45, 2.75) is 25.7 Å². The average molecular weight is 471 g/mol. The largest absolute Gasteiger partial charge is 0.501 e. The summed E-state index contributed by atoms with van der Waals surface area (Å²) < 4.78 is 5.88. The number of hydrogen-bond acceptors (Lipinski definition) is 9. The molecule has 1 aromatic carbocycles. The quantitative estimate of drug-likeness (QED) is 0.431. The van der Waals surface area contributed by atoms with E-state index >= 15 is 0 Å². The van der Waals surface area contributed by atoms with E-state index in [0.29, 0.717) is 22.5 Å². The van der Waals surface area contributed by atoms with Gasteiger partial charge in [-0.05, 0) is 24.1 Å². The molecule has 4 aromatic rings. The molecule has 11 nitrogen and oxygen atoms in total. The molecule has 2 N–H and O–H groups in total. The number of carbonyl (C=O) groups excluding carboxylic acids is 1. The van der Waals surface area contributed by atoms with Gasteiger partial charge in [0.2, 0.25) is 5.75 Å². The average Bonchev–Trinajstić information content (AvgIpc) is 3.37. The Labute approximate surface area is 199 Å². The van der Waals surface area contributed by atoms with E-state index in [1.165, 1.54) is 24.1 Å². The van der Waals surface area contributed by atoms with Gasteiger partial charge in [0, 0.05) is 31.3 Å². The molecular formula is C24H21N7O4. The lowest BCUT2D eigenvalue weighted by Gasteiger charge is -2.26. The van der Waals surface area contributed by atoms with Gasteiger partial charge in [0.1, 0.15) is 23.6 Å². The van der Waals surface area contributed by atoms with Crippen LogP contribution in [0.4, 0.5) is 5.69 Å². The number of nitrogens with one attached hydrogen (secondary N) is 1. The van der Waals surface area contributed by atoms with Crippen molar-refractivity contribution in [2.24, 2.45) is 7.05 Å². The summed E-state index contributed by atoms with van der Waals surface area (Å²) in [5.74, 6) is -1.80. The van der Waals surface area contributed by atoms with Crippen molar-refractivity contribution >= 4 is 11.6 Å². The number of aryl methyl sites for hydroxylation is 1. The number of nitriles is 1. The summed E-state index contributed by atoms with van der Waals surface area (Å²) in [4.78, 5) is 38.7. The van der Waals surface area contributed by atoms with Crippen molar-refractivity contribution in [3.05, 3.63) is 93.5 Å². The maximum atomic E-state index is 12.9. The zero-order chi connectivity index (χ0) is 25.1. The van der Waals surface area contributed by atoms with E-state index in [1.807, 2.05) is 19.1 Å². The van der Waals surface area contributed by atoms with Crippen LogP contribution in [0.3, 0.4) is 0 Å². The Morgan fingerprint density at radius 3 is 2.60 bits per heavy atom. The molecule has 0 saturated heterocycles. The predicted molar refractivity (Wildman–Crippen MR) is 124 cm³/mol. The lowest BCUT2D eigenvalue weighted by Crippen LogP contribution is -2.29. The van der Waals surface area contributed by atoms with Gasteiger partial charge in [0.05, 0.1) is 17.8 Å². The van der Waals surface area contributed by atoms with Gasteiger partial charge in [-0.25, -0.2) is 15.0 Å². The fourth-order valence-corrected chi connectivity index (χ4v) is 3.95. The zero-order valence-electron chi connectivity index (χ0n) is 19.1. The first kappa shape index (κ1) is 23.3. The molecule has 4 rings (SSSR count). The Kier molecular flexibility index (Phi) is 6.37. The highest BCUT2D eigenvalue weighted by atomic mass is 16.5. The molecule has 0 bridgehead atoms. The molecule has 0 aliphatic heterocycles. The van der Waals surface area contributed by atoms with Crippen LogP contribution in [-0.2, 0) is 7.05 Å². The summed E-state index contributed by atoms with van der Waals surface area (Å²) in [7, 11) is 1.46. The summed E-state index contributed by atoms with van der Waals surface area (Å²) >= 11 is 0. The first-order chi connectivity index (χ1) is 16.8. The molecule has 0 aliphatic carbocycles. The van der Waals surface area contributed by atoms with E-state index in [-0.39, 0.29) is 11.5 Å². The van der Waals surface area contributed by atoms with Crippen LogP contribution in [0.2, 0.25) is 0 Å². The third kappa shape index (κ3) is 4.49. The predicted octanol–water partition coefficient (Wildman–Crippen LogP) is 2.63. The fourth-order valence-electron chi connectivity index (χ4n) is 3.95.